The van der Waals surface area contributed by atoms with Gasteiger partial charge in [0.15, 0.2) is 0 Å². The second-order valence-corrected chi connectivity index (χ2v) is 5.51. The SMILES string of the molecule is Cc1nccn1-c1ccc2[nH]cc(C3CCNC3)c2c1. The summed E-state index contributed by atoms with van der Waals surface area (Å²) in [5, 5.41) is 4.78. The molecule has 1 aliphatic rings. The van der Waals surface area contributed by atoms with Crippen molar-refractivity contribution in [2.24, 2.45) is 0 Å². The Bertz CT molecular complexity index is 747. The lowest BCUT2D eigenvalue weighted by Gasteiger charge is -2.09. The van der Waals surface area contributed by atoms with E-state index in [1.807, 2.05) is 19.3 Å². The quantitative estimate of drug-likeness (QED) is 0.749. The van der Waals surface area contributed by atoms with E-state index in [0.29, 0.717) is 5.92 Å². The van der Waals surface area contributed by atoms with Crippen LogP contribution in [0.1, 0.15) is 23.7 Å². The zero-order valence-electron chi connectivity index (χ0n) is 11.6. The molecule has 4 rings (SSSR count). The Labute approximate surface area is 117 Å². The van der Waals surface area contributed by atoms with E-state index < -0.39 is 0 Å². The number of aryl methyl sites for hydroxylation is 1. The van der Waals surface area contributed by atoms with Crippen LogP contribution in [0.5, 0.6) is 0 Å². The number of aromatic nitrogens is 3. The van der Waals surface area contributed by atoms with Crippen molar-refractivity contribution in [3.8, 4) is 5.69 Å². The first-order valence-corrected chi connectivity index (χ1v) is 7.15. The average molecular weight is 266 g/mol. The van der Waals surface area contributed by atoms with Gasteiger partial charge in [-0.15, -0.1) is 0 Å². The Balaban J connectivity index is 1.85. The molecule has 4 nitrogen and oxygen atoms in total. The monoisotopic (exact) mass is 266 g/mol. The minimum Gasteiger partial charge on any atom is -0.361 e. The Hall–Kier alpha value is -2.07. The van der Waals surface area contributed by atoms with Crippen LogP contribution in [0.25, 0.3) is 16.6 Å². The number of fused-ring (bicyclic) bond motifs is 1. The van der Waals surface area contributed by atoms with Crippen LogP contribution < -0.4 is 5.32 Å². The molecule has 0 saturated carbocycles. The summed E-state index contributed by atoms with van der Waals surface area (Å²) in [6.07, 6.45) is 7.26. The van der Waals surface area contributed by atoms with Gasteiger partial charge in [0.05, 0.1) is 0 Å². The van der Waals surface area contributed by atoms with Gasteiger partial charge >= 0.3 is 0 Å². The van der Waals surface area contributed by atoms with E-state index >= 15 is 0 Å². The molecular formula is C16H18N4. The minimum atomic E-state index is 0.628. The van der Waals surface area contributed by atoms with Crippen molar-refractivity contribution in [3.63, 3.8) is 0 Å². The maximum atomic E-state index is 4.31. The molecule has 102 valence electrons. The van der Waals surface area contributed by atoms with Gasteiger partial charge in [-0.25, -0.2) is 4.98 Å². The van der Waals surface area contributed by atoms with Crippen molar-refractivity contribution in [2.45, 2.75) is 19.3 Å². The number of hydrogen-bond donors (Lipinski definition) is 2. The highest BCUT2D eigenvalue weighted by Gasteiger charge is 2.20. The number of hydrogen-bond acceptors (Lipinski definition) is 2. The van der Waals surface area contributed by atoms with E-state index in [2.05, 4.69) is 44.2 Å². The van der Waals surface area contributed by atoms with Crippen LogP contribution in [0.3, 0.4) is 0 Å². The number of H-pyrrole nitrogens is 1. The van der Waals surface area contributed by atoms with E-state index in [4.69, 9.17) is 0 Å². The molecule has 0 bridgehead atoms. The summed E-state index contributed by atoms with van der Waals surface area (Å²) >= 11 is 0. The van der Waals surface area contributed by atoms with Crippen LogP contribution in [0.4, 0.5) is 0 Å². The van der Waals surface area contributed by atoms with Crippen molar-refractivity contribution in [1.29, 1.82) is 0 Å². The van der Waals surface area contributed by atoms with Gasteiger partial charge in [0.2, 0.25) is 0 Å². The maximum Gasteiger partial charge on any atom is 0.110 e. The molecule has 0 spiro atoms. The second kappa shape index (κ2) is 4.49. The molecule has 1 aromatic carbocycles. The van der Waals surface area contributed by atoms with Crippen molar-refractivity contribution in [2.75, 3.05) is 13.1 Å². The third kappa shape index (κ3) is 1.76. The lowest BCUT2D eigenvalue weighted by atomic mass is 9.98. The van der Waals surface area contributed by atoms with Gasteiger partial charge in [-0.1, -0.05) is 0 Å². The molecule has 1 unspecified atom stereocenters. The molecule has 1 fully saturated rings. The van der Waals surface area contributed by atoms with Gasteiger partial charge in [0.1, 0.15) is 5.82 Å². The first-order valence-electron chi connectivity index (χ1n) is 7.15. The summed E-state index contributed by atoms with van der Waals surface area (Å²) in [5.41, 5.74) is 3.83. The Morgan fingerprint density at radius 1 is 1.35 bits per heavy atom. The fourth-order valence-electron chi connectivity index (χ4n) is 3.19. The van der Waals surface area contributed by atoms with Crippen molar-refractivity contribution in [1.82, 2.24) is 19.9 Å². The summed E-state index contributed by atoms with van der Waals surface area (Å²) in [6, 6.07) is 6.58. The number of nitrogens with one attached hydrogen (secondary N) is 2. The summed E-state index contributed by atoms with van der Waals surface area (Å²) in [7, 11) is 0. The zero-order chi connectivity index (χ0) is 13.5. The Morgan fingerprint density at radius 2 is 2.30 bits per heavy atom. The van der Waals surface area contributed by atoms with Crippen LogP contribution in [0, 0.1) is 6.92 Å². The smallest absolute Gasteiger partial charge is 0.110 e. The standard InChI is InChI=1S/C16H18N4/c1-11-18-6-7-20(11)13-2-3-16-14(8-13)15(10-19-16)12-4-5-17-9-12/h2-3,6-8,10,12,17,19H,4-5,9H2,1H3. The molecule has 0 radical (unpaired) electrons. The molecular weight excluding hydrogens is 248 g/mol. The lowest BCUT2D eigenvalue weighted by Crippen LogP contribution is -2.07. The maximum absolute atomic E-state index is 4.31. The van der Waals surface area contributed by atoms with Gasteiger partial charge in [-0.2, -0.15) is 0 Å². The zero-order valence-corrected chi connectivity index (χ0v) is 11.6. The third-order valence-electron chi connectivity index (χ3n) is 4.30. The average Bonchev–Trinajstić information content (AvgIpc) is 3.17. The number of nitrogens with zero attached hydrogens (tertiary/aromatic N) is 2. The van der Waals surface area contributed by atoms with Crippen LogP contribution >= 0.6 is 0 Å². The number of benzene rings is 1. The van der Waals surface area contributed by atoms with Gasteiger partial charge in [0, 0.05) is 41.7 Å². The summed E-state index contributed by atoms with van der Waals surface area (Å²) in [6.45, 7) is 4.24. The van der Waals surface area contributed by atoms with Crippen LogP contribution in [0.15, 0.2) is 36.8 Å². The molecule has 1 saturated heterocycles. The molecule has 2 aromatic heterocycles. The van der Waals surface area contributed by atoms with Gasteiger partial charge in [-0.05, 0) is 49.6 Å². The molecule has 0 amide bonds. The van der Waals surface area contributed by atoms with Gasteiger partial charge < -0.3 is 14.9 Å². The van der Waals surface area contributed by atoms with E-state index in [0.717, 1.165) is 18.9 Å². The van der Waals surface area contributed by atoms with Crippen LogP contribution in [-0.4, -0.2) is 27.6 Å². The van der Waals surface area contributed by atoms with E-state index in [1.165, 1.54) is 28.6 Å². The summed E-state index contributed by atoms with van der Waals surface area (Å²) < 4.78 is 2.13. The van der Waals surface area contributed by atoms with Gasteiger partial charge in [-0.3, -0.25) is 0 Å². The van der Waals surface area contributed by atoms with Crippen molar-refractivity contribution < 1.29 is 0 Å². The molecule has 20 heavy (non-hydrogen) atoms. The van der Waals surface area contributed by atoms with Crippen molar-refractivity contribution in [3.05, 3.63) is 48.2 Å². The lowest BCUT2D eigenvalue weighted by molar-refractivity contribution is 0.769. The van der Waals surface area contributed by atoms with Crippen molar-refractivity contribution >= 4 is 10.9 Å². The molecule has 3 aromatic rings. The van der Waals surface area contributed by atoms with E-state index in [-0.39, 0.29) is 0 Å². The molecule has 1 atom stereocenters. The molecule has 1 aliphatic heterocycles. The topological polar surface area (TPSA) is 45.6 Å². The molecule has 4 heteroatoms. The second-order valence-electron chi connectivity index (χ2n) is 5.51. The predicted molar refractivity (Wildman–Crippen MR) is 80.4 cm³/mol. The highest BCUT2D eigenvalue weighted by Crippen LogP contribution is 2.31. The Kier molecular flexibility index (Phi) is 2.63. The van der Waals surface area contributed by atoms with E-state index in [9.17, 15) is 0 Å². The highest BCUT2D eigenvalue weighted by atomic mass is 15.1. The van der Waals surface area contributed by atoms with E-state index in [1.54, 1.807) is 0 Å². The number of imidazole rings is 1. The first-order chi connectivity index (χ1) is 9.83. The predicted octanol–water partition coefficient (Wildman–Crippen LogP) is 2.74. The summed E-state index contributed by atoms with van der Waals surface area (Å²) in [5.74, 6) is 1.65. The van der Waals surface area contributed by atoms with Crippen LogP contribution in [-0.2, 0) is 0 Å². The Morgan fingerprint density at radius 3 is 3.05 bits per heavy atom. The largest absolute Gasteiger partial charge is 0.361 e. The summed E-state index contributed by atoms with van der Waals surface area (Å²) in [4.78, 5) is 7.71. The van der Waals surface area contributed by atoms with Crippen LogP contribution in [0.2, 0.25) is 0 Å². The molecule has 2 N–H and O–H groups in total. The number of aromatic amines is 1. The normalized spacial score (nSPS) is 18.9. The molecule has 0 aliphatic carbocycles. The minimum absolute atomic E-state index is 0.628. The molecule has 3 heterocycles. The first kappa shape index (κ1) is 11.7. The fraction of sp³-hybridized carbons (Fsp3) is 0.312. The number of rotatable bonds is 2. The fourth-order valence-corrected chi connectivity index (χ4v) is 3.19. The third-order valence-corrected chi connectivity index (χ3v) is 4.30. The van der Waals surface area contributed by atoms with Gasteiger partial charge in [0.25, 0.3) is 0 Å². The highest BCUT2D eigenvalue weighted by molar-refractivity contribution is 5.85.